The minimum atomic E-state index is -1.21. The molecular formula is C35H46N2O6. The molecule has 2 N–H and O–H groups in total. The van der Waals surface area contributed by atoms with Gasteiger partial charge in [-0.05, 0) is 62.7 Å². The molecule has 1 aromatic carbocycles. The van der Waals surface area contributed by atoms with Crippen molar-refractivity contribution >= 4 is 24.3 Å². The van der Waals surface area contributed by atoms with Crippen LogP contribution in [-0.4, -0.2) is 50.1 Å². The fourth-order valence-corrected chi connectivity index (χ4v) is 4.96. The first-order chi connectivity index (χ1) is 20.5. The third kappa shape index (κ3) is 12.3. The highest BCUT2D eigenvalue weighted by Crippen LogP contribution is 2.40. The topological polar surface area (TPSA) is 111 Å². The Morgan fingerprint density at radius 1 is 1.05 bits per heavy atom. The Morgan fingerprint density at radius 3 is 2.42 bits per heavy atom. The maximum Gasteiger partial charge on any atom is 0.328 e. The summed E-state index contributed by atoms with van der Waals surface area (Å²) in [6.45, 7) is 10.8. The van der Waals surface area contributed by atoms with E-state index in [1.807, 2.05) is 55.5 Å². The molecule has 1 aromatic rings. The molecule has 0 radical (unpaired) electrons. The van der Waals surface area contributed by atoms with Crippen LogP contribution in [0.4, 0.5) is 0 Å². The van der Waals surface area contributed by atoms with Gasteiger partial charge < -0.3 is 20.1 Å². The SMILES string of the molecule is COC(=O)C(Cc1ccccc1)NC(=O)[C@H](CC(=O)OC/C=C(C)/C=C/C=C(C)/C=C/C1=C(C)CCCC1(C)C)NC=O. The number of carbonyl (C=O) groups is 4. The summed E-state index contributed by atoms with van der Waals surface area (Å²) < 4.78 is 10.1. The zero-order valence-electron chi connectivity index (χ0n) is 26.3. The Bertz CT molecular complexity index is 1270. The predicted molar refractivity (Wildman–Crippen MR) is 169 cm³/mol. The highest BCUT2D eigenvalue weighted by molar-refractivity contribution is 5.91. The van der Waals surface area contributed by atoms with Gasteiger partial charge in [-0.3, -0.25) is 14.4 Å². The van der Waals surface area contributed by atoms with Crippen LogP contribution in [0.2, 0.25) is 0 Å². The molecule has 0 saturated heterocycles. The van der Waals surface area contributed by atoms with Crippen LogP contribution in [0.3, 0.4) is 0 Å². The number of nitrogens with one attached hydrogen (secondary N) is 2. The molecule has 1 unspecified atom stereocenters. The van der Waals surface area contributed by atoms with Gasteiger partial charge in [0.1, 0.15) is 18.7 Å². The van der Waals surface area contributed by atoms with E-state index in [0.717, 1.165) is 23.1 Å². The van der Waals surface area contributed by atoms with Crippen molar-refractivity contribution in [3.63, 3.8) is 0 Å². The van der Waals surface area contributed by atoms with Gasteiger partial charge in [0.15, 0.2) is 0 Å². The van der Waals surface area contributed by atoms with Crippen molar-refractivity contribution in [3.05, 3.63) is 94.6 Å². The van der Waals surface area contributed by atoms with Crippen LogP contribution in [0.5, 0.6) is 0 Å². The van der Waals surface area contributed by atoms with E-state index in [4.69, 9.17) is 9.47 Å². The highest BCUT2D eigenvalue weighted by Gasteiger charge is 2.28. The average Bonchev–Trinajstić information content (AvgIpc) is 2.96. The molecule has 232 valence electrons. The molecule has 8 heteroatoms. The summed E-state index contributed by atoms with van der Waals surface area (Å²) in [5.41, 5.74) is 5.93. The largest absolute Gasteiger partial charge is 0.467 e. The zero-order valence-corrected chi connectivity index (χ0v) is 26.3. The number of ether oxygens (including phenoxy) is 2. The van der Waals surface area contributed by atoms with Crippen molar-refractivity contribution in [2.24, 2.45) is 5.41 Å². The Morgan fingerprint density at radius 2 is 1.77 bits per heavy atom. The summed E-state index contributed by atoms with van der Waals surface area (Å²) in [6, 6.07) is 6.91. The fourth-order valence-electron chi connectivity index (χ4n) is 4.96. The normalized spacial score (nSPS) is 17.0. The van der Waals surface area contributed by atoms with Crippen molar-refractivity contribution < 1.29 is 28.7 Å². The summed E-state index contributed by atoms with van der Waals surface area (Å²) >= 11 is 0. The van der Waals surface area contributed by atoms with Crippen LogP contribution in [0.15, 0.2) is 89.1 Å². The molecule has 0 spiro atoms. The molecule has 0 saturated carbocycles. The monoisotopic (exact) mass is 590 g/mol. The first-order valence-corrected chi connectivity index (χ1v) is 14.6. The molecule has 2 rings (SSSR count). The molecule has 0 fully saturated rings. The van der Waals surface area contributed by atoms with Gasteiger partial charge in [-0.1, -0.05) is 91.3 Å². The van der Waals surface area contributed by atoms with E-state index in [-0.39, 0.29) is 18.4 Å². The second kappa shape index (κ2) is 17.7. The first-order valence-electron chi connectivity index (χ1n) is 14.6. The number of esters is 2. The number of amides is 2. The van der Waals surface area contributed by atoms with Crippen LogP contribution >= 0.6 is 0 Å². The van der Waals surface area contributed by atoms with Crippen molar-refractivity contribution in [3.8, 4) is 0 Å². The molecule has 2 atom stereocenters. The molecular weight excluding hydrogens is 544 g/mol. The van der Waals surface area contributed by atoms with Gasteiger partial charge in [-0.2, -0.15) is 0 Å². The second-order valence-corrected chi connectivity index (χ2v) is 11.5. The number of hydrogen-bond acceptors (Lipinski definition) is 6. The Hall–Kier alpha value is -4.20. The van der Waals surface area contributed by atoms with Crippen molar-refractivity contribution in [1.29, 1.82) is 0 Å². The van der Waals surface area contributed by atoms with Crippen LogP contribution in [0, 0.1) is 5.41 Å². The van der Waals surface area contributed by atoms with E-state index in [1.54, 1.807) is 6.08 Å². The van der Waals surface area contributed by atoms with Gasteiger partial charge in [-0.15, -0.1) is 0 Å². The first kappa shape index (κ1) is 35.0. The number of methoxy groups -OCH3 is 1. The lowest BCUT2D eigenvalue weighted by molar-refractivity contribution is -0.146. The van der Waals surface area contributed by atoms with Gasteiger partial charge in [-0.25, -0.2) is 4.79 Å². The van der Waals surface area contributed by atoms with E-state index in [1.165, 1.54) is 31.1 Å². The molecule has 2 amide bonds. The predicted octanol–water partition coefficient (Wildman–Crippen LogP) is 5.47. The lowest BCUT2D eigenvalue weighted by atomic mass is 9.72. The average molecular weight is 591 g/mol. The molecule has 1 aliphatic rings. The fraction of sp³-hybridized carbons (Fsp3) is 0.429. The van der Waals surface area contributed by atoms with E-state index >= 15 is 0 Å². The van der Waals surface area contributed by atoms with Crippen molar-refractivity contribution in [2.75, 3.05) is 13.7 Å². The van der Waals surface area contributed by atoms with Crippen LogP contribution in [0.1, 0.15) is 65.9 Å². The standard InChI is InChI=1S/C35H46N2O6/c1-25(17-18-29-27(3)14-11-20-35(29,4)5)12-10-13-26(2)19-21-43-32(39)23-30(36-24-38)33(40)37-31(34(41)42-6)22-28-15-8-7-9-16-28/h7-10,12-13,15-19,24,30-31H,11,14,20-23H2,1-6H3,(H,36,38)(H,37,40)/b13-10+,18-17+,25-12+,26-19+/t30-,31?/m0/s1. The summed E-state index contributed by atoms with van der Waals surface area (Å²) in [7, 11) is 1.22. The Labute approximate surface area is 256 Å². The molecule has 1 aliphatic carbocycles. The molecule has 0 aliphatic heterocycles. The van der Waals surface area contributed by atoms with Gasteiger partial charge in [0.05, 0.1) is 13.5 Å². The van der Waals surface area contributed by atoms with E-state index in [9.17, 15) is 19.2 Å². The quantitative estimate of drug-likeness (QED) is 0.159. The third-order valence-electron chi connectivity index (χ3n) is 7.46. The van der Waals surface area contributed by atoms with Crippen molar-refractivity contribution in [2.45, 2.75) is 78.8 Å². The molecule has 0 bridgehead atoms. The van der Waals surface area contributed by atoms with Crippen LogP contribution < -0.4 is 10.6 Å². The third-order valence-corrected chi connectivity index (χ3v) is 7.46. The van der Waals surface area contributed by atoms with Crippen molar-refractivity contribution in [1.82, 2.24) is 10.6 Å². The maximum absolute atomic E-state index is 12.8. The summed E-state index contributed by atoms with van der Waals surface area (Å²) in [5, 5.41) is 4.90. The lowest BCUT2D eigenvalue weighted by Gasteiger charge is -2.32. The number of carbonyl (C=O) groups excluding carboxylic acids is 4. The van der Waals surface area contributed by atoms with Gasteiger partial charge in [0.25, 0.3) is 0 Å². The minimum Gasteiger partial charge on any atom is -0.467 e. The second-order valence-electron chi connectivity index (χ2n) is 11.5. The lowest BCUT2D eigenvalue weighted by Crippen LogP contribution is -2.51. The van der Waals surface area contributed by atoms with Crippen LogP contribution in [-0.2, 0) is 35.1 Å². The molecule has 8 nitrogen and oxygen atoms in total. The number of hydrogen-bond donors (Lipinski definition) is 2. The Kier molecular flexibility index (Phi) is 14.4. The van der Waals surface area contributed by atoms with Gasteiger partial charge in [0, 0.05) is 6.42 Å². The smallest absolute Gasteiger partial charge is 0.328 e. The Balaban J connectivity index is 1.90. The van der Waals surface area contributed by atoms with E-state index < -0.39 is 36.4 Å². The molecule has 43 heavy (non-hydrogen) atoms. The van der Waals surface area contributed by atoms with E-state index in [0.29, 0.717) is 6.41 Å². The summed E-state index contributed by atoms with van der Waals surface area (Å²) in [6.07, 6.45) is 15.8. The summed E-state index contributed by atoms with van der Waals surface area (Å²) in [4.78, 5) is 48.7. The van der Waals surface area contributed by atoms with E-state index in [2.05, 4.69) is 50.5 Å². The molecule has 0 heterocycles. The van der Waals surface area contributed by atoms with Gasteiger partial charge >= 0.3 is 11.9 Å². The van der Waals surface area contributed by atoms with Crippen LogP contribution in [0.25, 0.3) is 0 Å². The summed E-state index contributed by atoms with van der Waals surface area (Å²) in [5.74, 6) is -2.00. The van der Waals surface area contributed by atoms with Gasteiger partial charge in [0.2, 0.25) is 12.3 Å². The number of benzene rings is 1. The number of rotatable bonds is 15. The number of allylic oxidation sites excluding steroid dienone is 9. The zero-order chi connectivity index (χ0) is 31.8. The minimum absolute atomic E-state index is 0.00828. The molecule has 0 aromatic heterocycles. The highest BCUT2D eigenvalue weighted by atomic mass is 16.5. The maximum atomic E-state index is 12.8.